The van der Waals surface area contributed by atoms with Gasteiger partial charge in [-0.05, 0) is 105 Å². The zero-order chi connectivity index (χ0) is 21.6. The zero-order valence-corrected chi connectivity index (χ0v) is 19.7. The van der Waals surface area contributed by atoms with Gasteiger partial charge in [-0.1, -0.05) is 68.7 Å². The minimum atomic E-state index is -0.0102. The van der Waals surface area contributed by atoms with Gasteiger partial charge < -0.3 is 0 Å². The van der Waals surface area contributed by atoms with Crippen LogP contribution in [0.1, 0.15) is 89.2 Å². The lowest BCUT2D eigenvalue weighted by Crippen LogP contribution is -2.25. The highest BCUT2D eigenvalue weighted by atomic mass is 19.1. The molecule has 1 heteroatoms. The molecule has 2 aliphatic rings. The van der Waals surface area contributed by atoms with Gasteiger partial charge in [0.05, 0.1) is 0 Å². The van der Waals surface area contributed by atoms with Crippen LogP contribution in [-0.4, -0.2) is 0 Å². The van der Waals surface area contributed by atoms with Crippen molar-refractivity contribution in [2.45, 2.75) is 90.9 Å². The van der Waals surface area contributed by atoms with E-state index in [9.17, 15) is 4.39 Å². The summed E-state index contributed by atoms with van der Waals surface area (Å²) >= 11 is 0. The Bertz CT molecular complexity index is 863. The van der Waals surface area contributed by atoms with E-state index in [1.54, 1.807) is 0 Å². The first kappa shape index (κ1) is 22.6. The van der Waals surface area contributed by atoms with E-state index < -0.39 is 0 Å². The fraction of sp³-hybridized carbons (Fsp3) is 0.600. The summed E-state index contributed by atoms with van der Waals surface area (Å²) in [6.45, 7) is 4.27. The highest BCUT2D eigenvalue weighted by Gasteiger charge is 2.30. The Labute approximate surface area is 189 Å². The molecule has 2 aromatic carbocycles. The molecule has 0 radical (unpaired) electrons. The number of allylic oxidation sites excluding steroid dienone is 2. The van der Waals surface area contributed by atoms with E-state index in [2.05, 4.69) is 44.2 Å². The molecule has 4 rings (SSSR count). The van der Waals surface area contributed by atoms with Crippen LogP contribution in [0.2, 0.25) is 0 Å². The maximum atomic E-state index is 14.7. The van der Waals surface area contributed by atoms with E-state index in [-0.39, 0.29) is 5.82 Å². The molecule has 0 spiro atoms. The van der Waals surface area contributed by atoms with Crippen molar-refractivity contribution < 1.29 is 4.39 Å². The maximum Gasteiger partial charge on any atom is 0.134 e. The van der Waals surface area contributed by atoms with Gasteiger partial charge in [0.1, 0.15) is 5.82 Å². The third-order valence-corrected chi connectivity index (χ3v) is 8.30. The van der Waals surface area contributed by atoms with Gasteiger partial charge in [0.15, 0.2) is 0 Å². The number of hydrogen-bond acceptors (Lipinski definition) is 0. The highest BCUT2D eigenvalue weighted by Crippen LogP contribution is 2.42. The number of benzene rings is 2. The molecule has 31 heavy (non-hydrogen) atoms. The summed E-state index contributed by atoms with van der Waals surface area (Å²) in [5.74, 6) is 3.71. The lowest BCUT2D eigenvalue weighted by atomic mass is 9.68. The Morgan fingerprint density at radius 1 is 0.871 bits per heavy atom. The van der Waals surface area contributed by atoms with Crippen molar-refractivity contribution in [1.82, 2.24) is 0 Å². The summed E-state index contributed by atoms with van der Waals surface area (Å²) in [5.41, 5.74) is 2.23. The van der Waals surface area contributed by atoms with E-state index in [0.29, 0.717) is 0 Å². The van der Waals surface area contributed by atoms with Crippen LogP contribution in [0.15, 0.2) is 42.5 Å². The number of hydrogen-bond donors (Lipinski definition) is 0. The molecule has 0 amide bonds. The monoisotopic (exact) mass is 420 g/mol. The number of aryl methyl sites for hydroxylation is 2. The summed E-state index contributed by atoms with van der Waals surface area (Å²) in [5, 5.41) is 1.85. The number of fused-ring (bicyclic) bond motifs is 1. The SMILES string of the molecule is C/C=C/C1CCC(C2CCC(CCc3ccc4c(F)c(CCC)ccc4c3)CC2)CC1. The van der Waals surface area contributed by atoms with Gasteiger partial charge in [0, 0.05) is 5.39 Å². The van der Waals surface area contributed by atoms with Gasteiger partial charge in [-0.15, -0.1) is 0 Å². The van der Waals surface area contributed by atoms with Crippen LogP contribution in [0.25, 0.3) is 10.8 Å². The van der Waals surface area contributed by atoms with Crippen molar-refractivity contribution in [1.29, 1.82) is 0 Å². The first-order chi connectivity index (χ1) is 15.2. The fourth-order valence-corrected chi connectivity index (χ4v) is 6.40. The van der Waals surface area contributed by atoms with Crippen molar-refractivity contribution in [2.24, 2.45) is 23.7 Å². The Morgan fingerprint density at radius 3 is 2.26 bits per heavy atom. The molecule has 168 valence electrons. The average molecular weight is 421 g/mol. The Kier molecular flexibility index (Phi) is 7.86. The van der Waals surface area contributed by atoms with Gasteiger partial charge in [-0.2, -0.15) is 0 Å². The minimum Gasteiger partial charge on any atom is -0.206 e. The van der Waals surface area contributed by atoms with Crippen LogP contribution in [-0.2, 0) is 12.8 Å². The Balaban J connectivity index is 1.26. The van der Waals surface area contributed by atoms with Crippen molar-refractivity contribution in [3.63, 3.8) is 0 Å². The summed E-state index contributed by atoms with van der Waals surface area (Å²) in [7, 11) is 0. The Morgan fingerprint density at radius 2 is 1.58 bits per heavy atom. The summed E-state index contributed by atoms with van der Waals surface area (Å²) in [4.78, 5) is 0. The molecular weight excluding hydrogens is 379 g/mol. The lowest BCUT2D eigenvalue weighted by Gasteiger charge is -2.37. The van der Waals surface area contributed by atoms with Gasteiger partial charge in [0.2, 0.25) is 0 Å². The highest BCUT2D eigenvalue weighted by molar-refractivity contribution is 5.84. The van der Waals surface area contributed by atoms with Crippen LogP contribution in [0.4, 0.5) is 4.39 Å². The minimum absolute atomic E-state index is 0.0102. The smallest absolute Gasteiger partial charge is 0.134 e. The molecule has 0 unspecified atom stereocenters. The van der Waals surface area contributed by atoms with Crippen molar-refractivity contribution in [3.8, 4) is 0 Å². The molecule has 0 aromatic heterocycles. The third-order valence-electron chi connectivity index (χ3n) is 8.30. The predicted octanol–water partition coefficient (Wildman–Crippen LogP) is 9.05. The first-order valence-corrected chi connectivity index (χ1v) is 13.0. The number of halogens is 1. The second-order valence-electron chi connectivity index (χ2n) is 10.4. The van der Waals surface area contributed by atoms with Crippen LogP contribution in [0, 0.1) is 29.5 Å². The topological polar surface area (TPSA) is 0 Å². The van der Waals surface area contributed by atoms with Crippen LogP contribution in [0.3, 0.4) is 0 Å². The third kappa shape index (κ3) is 5.60. The molecule has 2 saturated carbocycles. The Hall–Kier alpha value is -1.63. The largest absolute Gasteiger partial charge is 0.206 e. The molecule has 2 fully saturated rings. The standard InChI is InChI=1S/C30H41F/c1-3-5-22-9-14-25(15-10-22)26-16-11-23(12-17-26)7-8-24-13-20-29-28(21-24)19-18-27(6-4-2)30(29)31/h3,5,13,18-23,25-26H,4,6-12,14-17H2,1-2H3/b5-3+. The van der Waals surface area contributed by atoms with Crippen LogP contribution < -0.4 is 0 Å². The molecule has 2 aromatic rings. The number of rotatable bonds is 7. The predicted molar refractivity (Wildman–Crippen MR) is 132 cm³/mol. The summed E-state index contributed by atoms with van der Waals surface area (Å²) in [6, 6.07) is 10.5. The summed E-state index contributed by atoms with van der Waals surface area (Å²) in [6.07, 6.45) is 20.4. The first-order valence-electron chi connectivity index (χ1n) is 13.0. The van der Waals surface area contributed by atoms with Gasteiger partial charge in [-0.3, -0.25) is 0 Å². The van der Waals surface area contributed by atoms with Gasteiger partial charge >= 0.3 is 0 Å². The molecule has 0 nitrogen and oxygen atoms in total. The van der Waals surface area contributed by atoms with Crippen molar-refractivity contribution in [2.75, 3.05) is 0 Å². The van der Waals surface area contributed by atoms with Crippen molar-refractivity contribution >= 4 is 10.8 Å². The van der Waals surface area contributed by atoms with Gasteiger partial charge in [-0.25, -0.2) is 4.39 Å². The molecule has 0 heterocycles. The quantitative estimate of drug-likeness (QED) is 0.392. The average Bonchev–Trinajstić information content (AvgIpc) is 2.81. The second-order valence-corrected chi connectivity index (χ2v) is 10.4. The van der Waals surface area contributed by atoms with Gasteiger partial charge in [0.25, 0.3) is 0 Å². The maximum absolute atomic E-state index is 14.7. The van der Waals surface area contributed by atoms with Crippen LogP contribution >= 0.6 is 0 Å². The lowest BCUT2D eigenvalue weighted by molar-refractivity contribution is 0.152. The fourth-order valence-electron chi connectivity index (χ4n) is 6.40. The molecule has 0 N–H and O–H groups in total. The summed E-state index contributed by atoms with van der Waals surface area (Å²) < 4.78 is 14.7. The second kappa shape index (κ2) is 10.8. The molecular formula is C30H41F. The van der Waals surface area contributed by atoms with E-state index in [4.69, 9.17) is 0 Å². The molecule has 0 saturated heterocycles. The van der Waals surface area contributed by atoms with E-state index in [0.717, 1.165) is 59.3 Å². The molecule has 0 atom stereocenters. The molecule has 0 bridgehead atoms. The normalized spacial score (nSPS) is 27.2. The van der Waals surface area contributed by atoms with Crippen LogP contribution in [0.5, 0.6) is 0 Å². The molecule has 2 aliphatic carbocycles. The zero-order valence-electron chi connectivity index (χ0n) is 19.7. The molecule has 0 aliphatic heterocycles. The van der Waals surface area contributed by atoms with Crippen molar-refractivity contribution in [3.05, 3.63) is 59.4 Å². The van der Waals surface area contributed by atoms with E-state index >= 15 is 0 Å². The van der Waals surface area contributed by atoms with E-state index in [1.807, 2.05) is 12.1 Å². The van der Waals surface area contributed by atoms with E-state index in [1.165, 1.54) is 63.4 Å².